The molecular weight excluding hydrogens is 300 g/mol. The van der Waals surface area contributed by atoms with Gasteiger partial charge >= 0.3 is 6.03 Å². The molecule has 126 valence electrons. The number of hydrogen-bond donors (Lipinski definition) is 2. The highest BCUT2D eigenvalue weighted by molar-refractivity contribution is 5.92. The molecule has 2 amide bonds. The Hall–Kier alpha value is -1.85. The number of hydrogen-bond acceptors (Lipinski definition) is 2. The lowest BCUT2D eigenvalue weighted by Crippen LogP contribution is -2.44. The van der Waals surface area contributed by atoms with E-state index in [0.717, 1.165) is 0 Å². The number of nitrogens with two attached hydrogens (primary N) is 1. The summed E-state index contributed by atoms with van der Waals surface area (Å²) >= 11 is 0. The van der Waals surface area contributed by atoms with Crippen molar-refractivity contribution < 1.29 is 13.6 Å². The standard InChI is InChI=1S/C17H23F2N3O/c18-17(19)7-9-22(10-8-17)16(23)21-15-11-13(5-6-14(15)20)12-3-1-2-4-12/h5-6,11-12H,1-4,7-10,20H2,(H,21,23). The maximum absolute atomic E-state index is 13.2. The van der Waals surface area contributed by atoms with E-state index in [9.17, 15) is 13.6 Å². The third-order valence-corrected chi connectivity index (χ3v) is 4.93. The van der Waals surface area contributed by atoms with Crippen molar-refractivity contribution in [2.45, 2.75) is 50.4 Å². The van der Waals surface area contributed by atoms with Gasteiger partial charge in [0, 0.05) is 25.9 Å². The number of piperidine rings is 1. The lowest BCUT2D eigenvalue weighted by atomic mass is 9.97. The highest BCUT2D eigenvalue weighted by atomic mass is 19.3. The van der Waals surface area contributed by atoms with Crippen molar-refractivity contribution in [2.75, 3.05) is 24.1 Å². The number of rotatable bonds is 2. The highest BCUT2D eigenvalue weighted by Crippen LogP contribution is 2.36. The van der Waals surface area contributed by atoms with E-state index < -0.39 is 5.92 Å². The Kier molecular flexibility index (Phi) is 4.41. The average molecular weight is 323 g/mol. The molecule has 23 heavy (non-hydrogen) atoms. The lowest BCUT2D eigenvalue weighted by molar-refractivity contribution is -0.0461. The van der Waals surface area contributed by atoms with Crippen LogP contribution in [-0.4, -0.2) is 29.9 Å². The van der Waals surface area contributed by atoms with Crippen LogP contribution < -0.4 is 11.1 Å². The molecule has 1 aromatic rings. The number of halogens is 2. The molecule has 1 saturated heterocycles. The second kappa shape index (κ2) is 6.34. The molecule has 0 unspecified atom stereocenters. The zero-order valence-corrected chi connectivity index (χ0v) is 13.2. The molecule has 1 aliphatic carbocycles. The molecule has 6 heteroatoms. The van der Waals surface area contributed by atoms with E-state index >= 15 is 0 Å². The van der Waals surface area contributed by atoms with Crippen molar-refractivity contribution in [3.8, 4) is 0 Å². The molecule has 0 atom stereocenters. The third kappa shape index (κ3) is 3.74. The minimum absolute atomic E-state index is 0.0705. The zero-order chi connectivity index (χ0) is 16.4. The SMILES string of the molecule is Nc1ccc(C2CCCC2)cc1NC(=O)N1CCC(F)(F)CC1. The summed E-state index contributed by atoms with van der Waals surface area (Å²) in [6.07, 6.45) is 4.24. The summed E-state index contributed by atoms with van der Waals surface area (Å²) in [5.41, 5.74) is 8.23. The van der Waals surface area contributed by atoms with Gasteiger partial charge in [0.05, 0.1) is 11.4 Å². The molecule has 2 fully saturated rings. The maximum atomic E-state index is 13.2. The van der Waals surface area contributed by atoms with Gasteiger partial charge in [-0.05, 0) is 36.5 Å². The van der Waals surface area contributed by atoms with Crippen LogP contribution in [0.4, 0.5) is 25.0 Å². The van der Waals surface area contributed by atoms with Crippen LogP contribution in [0.15, 0.2) is 18.2 Å². The molecule has 4 nitrogen and oxygen atoms in total. The van der Waals surface area contributed by atoms with E-state index in [0.29, 0.717) is 17.3 Å². The number of nitrogen functional groups attached to an aromatic ring is 1. The molecule has 1 heterocycles. The van der Waals surface area contributed by atoms with E-state index in [1.54, 1.807) is 0 Å². The minimum atomic E-state index is -2.65. The van der Waals surface area contributed by atoms with Gasteiger partial charge in [0.1, 0.15) is 0 Å². The minimum Gasteiger partial charge on any atom is -0.397 e. The second-order valence-electron chi connectivity index (χ2n) is 6.60. The van der Waals surface area contributed by atoms with E-state index in [1.807, 2.05) is 18.2 Å². The number of likely N-dealkylation sites (tertiary alicyclic amines) is 1. The number of alkyl halides is 2. The molecule has 2 aliphatic rings. The Morgan fingerprint density at radius 1 is 1.22 bits per heavy atom. The van der Waals surface area contributed by atoms with Gasteiger partial charge in [-0.2, -0.15) is 0 Å². The third-order valence-electron chi connectivity index (χ3n) is 4.93. The summed E-state index contributed by atoms with van der Waals surface area (Å²) < 4.78 is 26.4. The molecule has 1 aromatic carbocycles. The largest absolute Gasteiger partial charge is 0.397 e. The van der Waals surface area contributed by atoms with Crippen LogP contribution in [0.3, 0.4) is 0 Å². The number of nitrogens with one attached hydrogen (secondary N) is 1. The Bertz CT molecular complexity index is 575. The van der Waals surface area contributed by atoms with Gasteiger partial charge in [0.15, 0.2) is 0 Å². The van der Waals surface area contributed by atoms with Gasteiger partial charge in [0.25, 0.3) is 5.92 Å². The predicted molar refractivity (Wildman–Crippen MR) is 86.8 cm³/mol. The molecular formula is C17H23F2N3O. The molecule has 1 saturated carbocycles. The van der Waals surface area contributed by atoms with Crippen LogP contribution >= 0.6 is 0 Å². The van der Waals surface area contributed by atoms with Crippen LogP contribution in [-0.2, 0) is 0 Å². The quantitative estimate of drug-likeness (QED) is 0.802. The molecule has 1 aliphatic heterocycles. The summed E-state index contributed by atoms with van der Waals surface area (Å²) in [6, 6.07) is 5.41. The Labute approximate surface area is 135 Å². The van der Waals surface area contributed by atoms with Crippen LogP contribution in [0.2, 0.25) is 0 Å². The molecule has 0 bridgehead atoms. The fourth-order valence-electron chi connectivity index (χ4n) is 3.43. The summed E-state index contributed by atoms with van der Waals surface area (Å²) in [5.74, 6) is -2.13. The number of carbonyl (C=O) groups is 1. The van der Waals surface area contributed by atoms with Crippen molar-refractivity contribution >= 4 is 17.4 Å². The lowest BCUT2D eigenvalue weighted by Gasteiger charge is -2.31. The van der Waals surface area contributed by atoms with Crippen molar-refractivity contribution in [3.05, 3.63) is 23.8 Å². The zero-order valence-electron chi connectivity index (χ0n) is 13.2. The molecule has 3 N–H and O–H groups in total. The van der Waals surface area contributed by atoms with E-state index in [-0.39, 0.29) is 32.0 Å². The predicted octanol–water partition coefficient (Wildman–Crippen LogP) is 4.19. The van der Waals surface area contributed by atoms with E-state index in [2.05, 4.69) is 5.32 Å². The van der Waals surface area contributed by atoms with Gasteiger partial charge in [0.2, 0.25) is 0 Å². The van der Waals surface area contributed by atoms with Crippen LogP contribution in [0, 0.1) is 0 Å². The fourth-order valence-corrected chi connectivity index (χ4v) is 3.43. The first kappa shape index (κ1) is 16.0. The van der Waals surface area contributed by atoms with Crippen molar-refractivity contribution in [3.63, 3.8) is 0 Å². The Morgan fingerprint density at radius 2 is 1.87 bits per heavy atom. The van der Waals surface area contributed by atoms with Gasteiger partial charge in [-0.15, -0.1) is 0 Å². The summed E-state index contributed by atoms with van der Waals surface area (Å²) in [4.78, 5) is 13.7. The fraction of sp³-hybridized carbons (Fsp3) is 0.588. The first-order valence-corrected chi connectivity index (χ1v) is 8.28. The maximum Gasteiger partial charge on any atom is 0.321 e. The first-order valence-electron chi connectivity index (χ1n) is 8.28. The topological polar surface area (TPSA) is 58.4 Å². The second-order valence-corrected chi connectivity index (χ2v) is 6.60. The number of benzene rings is 1. The molecule has 0 aromatic heterocycles. The van der Waals surface area contributed by atoms with Gasteiger partial charge in [-0.25, -0.2) is 13.6 Å². The highest BCUT2D eigenvalue weighted by Gasteiger charge is 2.35. The number of urea groups is 1. The summed E-state index contributed by atoms with van der Waals surface area (Å²) in [6.45, 7) is 0.141. The summed E-state index contributed by atoms with van der Waals surface area (Å²) in [7, 11) is 0. The Morgan fingerprint density at radius 3 is 2.52 bits per heavy atom. The van der Waals surface area contributed by atoms with Crippen LogP contribution in [0.1, 0.15) is 50.0 Å². The van der Waals surface area contributed by atoms with Crippen LogP contribution in [0.5, 0.6) is 0 Å². The molecule has 0 spiro atoms. The number of amides is 2. The van der Waals surface area contributed by atoms with Gasteiger partial charge < -0.3 is 16.0 Å². The Balaban J connectivity index is 1.67. The number of nitrogens with zero attached hydrogens (tertiary/aromatic N) is 1. The van der Waals surface area contributed by atoms with E-state index in [4.69, 9.17) is 5.73 Å². The van der Waals surface area contributed by atoms with Crippen molar-refractivity contribution in [2.24, 2.45) is 0 Å². The molecule has 0 radical (unpaired) electrons. The summed E-state index contributed by atoms with van der Waals surface area (Å²) in [5, 5.41) is 2.79. The monoisotopic (exact) mass is 323 g/mol. The van der Waals surface area contributed by atoms with Crippen molar-refractivity contribution in [1.82, 2.24) is 4.90 Å². The average Bonchev–Trinajstić information content (AvgIpc) is 3.03. The van der Waals surface area contributed by atoms with Crippen molar-refractivity contribution in [1.29, 1.82) is 0 Å². The number of anilines is 2. The van der Waals surface area contributed by atoms with Gasteiger partial charge in [-0.1, -0.05) is 18.9 Å². The van der Waals surface area contributed by atoms with Crippen LogP contribution in [0.25, 0.3) is 0 Å². The first-order chi connectivity index (χ1) is 10.9. The smallest absolute Gasteiger partial charge is 0.321 e. The van der Waals surface area contributed by atoms with Gasteiger partial charge in [-0.3, -0.25) is 0 Å². The number of carbonyl (C=O) groups excluding carboxylic acids is 1. The molecule has 3 rings (SSSR count). The normalized spacial score (nSPS) is 21.4. The van der Waals surface area contributed by atoms with E-state index in [1.165, 1.54) is 36.1 Å².